The zero-order valence-corrected chi connectivity index (χ0v) is 17.1. The lowest BCUT2D eigenvalue weighted by molar-refractivity contribution is 0.0713. The number of hydrogen-bond acceptors (Lipinski definition) is 5. The molecule has 1 amide bonds. The first kappa shape index (κ1) is 18.9. The molecule has 6 nitrogen and oxygen atoms in total. The van der Waals surface area contributed by atoms with E-state index in [1.165, 1.54) is 4.70 Å². The maximum Gasteiger partial charge on any atom is 0.253 e. The van der Waals surface area contributed by atoms with E-state index in [4.69, 9.17) is 4.98 Å². The van der Waals surface area contributed by atoms with Crippen molar-refractivity contribution in [2.45, 2.75) is 18.8 Å². The lowest BCUT2D eigenvalue weighted by atomic mass is 9.97. The molecule has 1 aliphatic heterocycles. The second kappa shape index (κ2) is 7.52. The fourth-order valence-electron chi connectivity index (χ4n) is 3.47. The third kappa shape index (κ3) is 4.18. The minimum absolute atomic E-state index is 0.0198. The molecule has 2 aromatic carbocycles. The number of piperidine rings is 1. The normalized spacial score (nSPS) is 15.7. The van der Waals surface area contributed by atoms with Gasteiger partial charge in [-0.1, -0.05) is 12.1 Å². The molecule has 1 N–H and O–H groups in total. The van der Waals surface area contributed by atoms with Crippen molar-refractivity contribution in [1.29, 1.82) is 0 Å². The summed E-state index contributed by atoms with van der Waals surface area (Å²) in [6.07, 6.45) is 2.90. The van der Waals surface area contributed by atoms with Gasteiger partial charge in [-0.25, -0.2) is 13.4 Å². The van der Waals surface area contributed by atoms with E-state index in [2.05, 4.69) is 10.8 Å². The van der Waals surface area contributed by atoms with Gasteiger partial charge in [-0.15, -0.1) is 11.3 Å². The van der Waals surface area contributed by atoms with E-state index in [-0.39, 0.29) is 5.91 Å². The number of para-hydroxylation sites is 1. The van der Waals surface area contributed by atoms with Crippen LogP contribution in [0.15, 0.2) is 48.5 Å². The molecule has 0 aliphatic carbocycles. The summed E-state index contributed by atoms with van der Waals surface area (Å²) in [6, 6.07) is 14.7. The van der Waals surface area contributed by atoms with E-state index in [1.54, 1.807) is 35.6 Å². The van der Waals surface area contributed by atoms with Crippen LogP contribution in [0.2, 0.25) is 0 Å². The van der Waals surface area contributed by atoms with Crippen LogP contribution in [0.4, 0.5) is 5.69 Å². The summed E-state index contributed by atoms with van der Waals surface area (Å²) >= 11 is 1.75. The summed E-state index contributed by atoms with van der Waals surface area (Å²) in [4.78, 5) is 19.4. The Morgan fingerprint density at radius 2 is 1.79 bits per heavy atom. The van der Waals surface area contributed by atoms with E-state index in [0.29, 0.717) is 30.3 Å². The second-order valence-corrected chi connectivity index (χ2v) is 9.85. The van der Waals surface area contributed by atoms with E-state index in [0.717, 1.165) is 29.6 Å². The molecule has 1 aromatic heterocycles. The molecule has 28 heavy (non-hydrogen) atoms. The van der Waals surface area contributed by atoms with Crippen LogP contribution in [-0.2, 0) is 10.0 Å². The highest BCUT2D eigenvalue weighted by Crippen LogP contribution is 2.34. The highest BCUT2D eigenvalue weighted by molar-refractivity contribution is 7.92. The number of rotatable bonds is 4. The maximum atomic E-state index is 12.8. The number of carbonyl (C=O) groups excluding carboxylic acids is 1. The Hall–Kier alpha value is -2.45. The summed E-state index contributed by atoms with van der Waals surface area (Å²) in [5, 5.41) is 1.16. The van der Waals surface area contributed by atoms with Crippen LogP contribution in [0.25, 0.3) is 10.2 Å². The van der Waals surface area contributed by atoms with Crippen molar-refractivity contribution < 1.29 is 13.2 Å². The Morgan fingerprint density at radius 1 is 1.11 bits per heavy atom. The summed E-state index contributed by atoms with van der Waals surface area (Å²) < 4.78 is 26.2. The minimum atomic E-state index is -3.32. The van der Waals surface area contributed by atoms with Gasteiger partial charge in [-0.2, -0.15) is 0 Å². The predicted molar refractivity (Wildman–Crippen MR) is 112 cm³/mol. The Morgan fingerprint density at radius 3 is 2.43 bits per heavy atom. The molecule has 0 radical (unpaired) electrons. The van der Waals surface area contributed by atoms with Crippen LogP contribution in [0.1, 0.15) is 34.1 Å². The fraction of sp³-hybridized carbons (Fsp3) is 0.300. The average molecular weight is 416 g/mol. The van der Waals surface area contributed by atoms with Gasteiger partial charge in [0, 0.05) is 30.3 Å². The van der Waals surface area contributed by atoms with Crippen LogP contribution in [0.3, 0.4) is 0 Å². The molecule has 146 valence electrons. The SMILES string of the molecule is CS(=O)(=O)Nc1ccc(C(=O)N2CCC(c3nc4ccccc4s3)CC2)cc1. The van der Waals surface area contributed by atoms with Gasteiger partial charge in [-0.3, -0.25) is 9.52 Å². The predicted octanol–water partition coefficient (Wildman–Crippen LogP) is 3.69. The number of benzene rings is 2. The quantitative estimate of drug-likeness (QED) is 0.705. The van der Waals surface area contributed by atoms with Gasteiger partial charge in [0.25, 0.3) is 5.91 Å². The van der Waals surface area contributed by atoms with Gasteiger partial charge in [0.2, 0.25) is 10.0 Å². The first-order chi connectivity index (χ1) is 13.4. The molecule has 2 heterocycles. The number of carbonyl (C=O) groups is 1. The minimum Gasteiger partial charge on any atom is -0.339 e. The van der Waals surface area contributed by atoms with E-state index < -0.39 is 10.0 Å². The molecular weight excluding hydrogens is 394 g/mol. The topological polar surface area (TPSA) is 79.4 Å². The summed E-state index contributed by atoms with van der Waals surface area (Å²) in [7, 11) is -3.32. The molecule has 0 unspecified atom stereocenters. The third-order valence-corrected chi connectivity index (χ3v) is 6.68. The maximum absolute atomic E-state index is 12.8. The molecule has 0 spiro atoms. The molecule has 3 aromatic rings. The zero-order chi connectivity index (χ0) is 19.7. The van der Waals surface area contributed by atoms with Gasteiger partial charge in [-0.05, 0) is 49.2 Å². The first-order valence-electron chi connectivity index (χ1n) is 9.12. The Labute approximate surface area is 168 Å². The number of amides is 1. The molecule has 4 rings (SSSR count). The monoisotopic (exact) mass is 415 g/mol. The van der Waals surface area contributed by atoms with Gasteiger partial charge in [0.1, 0.15) is 0 Å². The van der Waals surface area contributed by atoms with Crippen molar-refractivity contribution in [1.82, 2.24) is 9.88 Å². The van der Waals surface area contributed by atoms with Crippen LogP contribution >= 0.6 is 11.3 Å². The number of anilines is 1. The molecule has 0 saturated carbocycles. The average Bonchev–Trinajstić information content (AvgIpc) is 3.11. The van der Waals surface area contributed by atoms with Crippen molar-refractivity contribution in [3.05, 3.63) is 59.1 Å². The molecule has 1 saturated heterocycles. The summed E-state index contributed by atoms with van der Waals surface area (Å²) in [5.41, 5.74) is 2.06. The second-order valence-electron chi connectivity index (χ2n) is 7.04. The number of hydrogen-bond donors (Lipinski definition) is 1. The molecule has 0 atom stereocenters. The largest absolute Gasteiger partial charge is 0.339 e. The number of nitrogens with one attached hydrogen (secondary N) is 1. The van der Waals surface area contributed by atoms with Crippen LogP contribution in [0, 0.1) is 0 Å². The molecule has 0 bridgehead atoms. The third-order valence-electron chi connectivity index (χ3n) is 4.88. The summed E-state index contributed by atoms with van der Waals surface area (Å²) in [6.45, 7) is 1.39. The van der Waals surface area contributed by atoms with Gasteiger partial charge < -0.3 is 4.90 Å². The number of aromatic nitrogens is 1. The van der Waals surface area contributed by atoms with Gasteiger partial charge >= 0.3 is 0 Å². The lowest BCUT2D eigenvalue weighted by Gasteiger charge is -2.31. The molecule has 1 aliphatic rings. The molecular formula is C20H21N3O3S2. The first-order valence-corrected chi connectivity index (χ1v) is 11.8. The van der Waals surface area contributed by atoms with E-state index in [1.807, 2.05) is 23.1 Å². The molecule has 8 heteroatoms. The lowest BCUT2D eigenvalue weighted by Crippen LogP contribution is -2.37. The Bertz CT molecular complexity index is 1070. The van der Waals surface area contributed by atoms with Crippen molar-refractivity contribution in [2.24, 2.45) is 0 Å². The van der Waals surface area contributed by atoms with Crippen molar-refractivity contribution in [2.75, 3.05) is 24.1 Å². The number of sulfonamides is 1. The van der Waals surface area contributed by atoms with Crippen LogP contribution in [0.5, 0.6) is 0 Å². The smallest absolute Gasteiger partial charge is 0.253 e. The Kier molecular flexibility index (Phi) is 5.07. The highest BCUT2D eigenvalue weighted by atomic mass is 32.2. The highest BCUT2D eigenvalue weighted by Gasteiger charge is 2.26. The standard InChI is InChI=1S/C20H21N3O3S2/c1-28(25,26)22-16-8-6-15(7-9-16)20(24)23-12-10-14(11-13-23)19-21-17-4-2-3-5-18(17)27-19/h2-9,14,22H,10-13H2,1H3. The number of likely N-dealkylation sites (tertiary alicyclic amines) is 1. The van der Waals surface area contributed by atoms with Crippen LogP contribution in [-0.4, -0.2) is 43.6 Å². The van der Waals surface area contributed by atoms with Gasteiger partial charge in [0.15, 0.2) is 0 Å². The van der Waals surface area contributed by atoms with E-state index in [9.17, 15) is 13.2 Å². The zero-order valence-electron chi connectivity index (χ0n) is 15.5. The fourth-order valence-corrected chi connectivity index (χ4v) is 5.17. The van der Waals surface area contributed by atoms with Crippen molar-refractivity contribution >= 4 is 43.2 Å². The van der Waals surface area contributed by atoms with Crippen molar-refractivity contribution in [3.8, 4) is 0 Å². The Balaban J connectivity index is 1.39. The summed E-state index contributed by atoms with van der Waals surface area (Å²) in [5.74, 6) is 0.372. The van der Waals surface area contributed by atoms with E-state index >= 15 is 0 Å². The van der Waals surface area contributed by atoms with Crippen LogP contribution < -0.4 is 4.72 Å². The number of fused-ring (bicyclic) bond motifs is 1. The number of nitrogens with zero attached hydrogens (tertiary/aromatic N) is 2. The number of thiazole rings is 1. The van der Waals surface area contributed by atoms with Gasteiger partial charge in [0.05, 0.1) is 21.5 Å². The molecule has 1 fully saturated rings. The van der Waals surface area contributed by atoms with Crippen molar-refractivity contribution in [3.63, 3.8) is 0 Å².